The molecule has 1 amide bonds. The highest BCUT2D eigenvalue weighted by Gasteiger charge is 2.23. The molecule has 2 aromatic rings. The van der Waals surface area contributed by atoms with Crippen molar-refractivity contribution in [2.45, 2.75) is 27.7 Å². The van der Waals surface area contributed by atoms with Gasteiger partial charge in [0.15, 0.2) is 0 Å². The first-order chi connectivity index (χ1) is 10.5. The summed E-state index contributed by atoms with van der Waals surface area (Å²) in [5.41, 5.74) is 2.19. The number of ether oxygens (including phenoxy) is 2. The van der Waals surface area contributed by atoms with Crippen molar-refractivity contribution < 1.29 is 19.1 Å². The molecule has 0 unspecified atom stereocenters. The van der Waals surface area contributed by atoms with Crippen LogP contribution in [0.3, 0.4) is 0 Å². The Kier molecular flexibility index (Phi) is 4.97. The standard InChI is InChI=1S/C15H18N2O4S/c1-5-20-14(18)12-11(17-15(19)21-6-2)10-8(3)7-9(4)16-13(10)22-12/h7H,5-6H2,1-4H3,(H,17,19). The third kappa shape index (κ3) is 3.19. The monoisotopic (exact) mass is 322 g/mol. The number of nitrogens with zero attached hydrogens (tertiary/aromatic N) is 1. The summed E-state index contributed by atoms with van der Waals surface area (Å²) in [7, 11) is 0. The Morgan fingerprint density at radius 1 is 1.23 bits per heavy atom. The number of nitrogens with one attached hydrogen (secondary N) is 1. The largest absolute Gasteiger partial charge is 0.462 e. The number of rotatable bonds is 4. The Labute approximate surface area is 132 Å². The van der Waals surface area contributed by atoms with Crippen LogP contribution in [0.1, 0.15) is 34.8 Å². The SMILES string of the molecule is CCOC(=O)Nc1c(C(=O)OCC)sc2nc(C)cc(C)c12. The van der Waals surface area contributed by atoms with Crippen molar-refractivity contribution in [2.75, 3.05) is 18.5 Å². The van der Waals surface area contributed by atoms with Crippen LogP contribution in [0.25, 0.3) is 10.2 Å². The summed E-state index contributed by atoms with van der Waals surface area (Å²) >= 11 is 1.20. The highest BCUT2D eigenvalue weighted by molar-refractivity contribution is 7.21. The van der Waals surface area contributed by atoms with Gasteiger partial charge in [-0.05, 0) is 39.3 Å². The van der Waals surface area contributed by atoms with Crippen molar-refractivity contribution >= 4 is 39.3 Å². The smallest absolute Gasteiger partial charge is 0.411 e. The molecule has 0 aliphatic heterocycles. The van der Waals surface area contributed by atoms with Crippen molar-refractivity contribution in [2.24, 2.45) is 0 Å². The highest BCUT2D eigenvalue weighted by atomic mass is 32.1. The van der Waals surface area contributed by atoms with Crippen molar-refractivity contribution in [3.05, 3.63) is 22.2 Å². The molecule has 0 saturated heterocycles. The van der Waals surface area contributed by atoms with E-state index in [4.69, 9.17) is 9.47 Å². The minimum atomic E-state index is -0.604. The van der Waals surface area contributed by atoms with Gasteiger partial charge < -0.3 is 9.47 Å². The molecule has 2 rings (SSSR count). The summed E-state index contributed by atoms with van der Waals surface area (Å²) in [6.07, 6.45) is -0.604. The third-order valence-corrected chi connectivity index (χ3v) is 4.01. The average Bonchev–Trinajstić information content (AvgIpc) is 2.78. The van der Waals surface area contributed by atoms with Gasteiger partial charge in [0.2, 0.25) is 0 Å². The predicted octanol–water partition coefficient (Wildman–Crippen LogP) is 3.66. The molecule has 0 aromatic carbocycles. The molecule has 0 aliphatic carbocycles. The van der Waals surface area contributed by atoms with E-state index in [0.29, 0.717) is 15.4 Å². The zero-order valence-corrected chi connectivity index (χ0v) is 13.8. The molecule has 2 aromatic heterocycles. The van der Waals surface area contributed by atoms with Gasteiger partial charge in [0.05, 0.1) is 18.9 Å². The predicted molar refractivity (Wildman–Crippen MR) is 85.7 cm³/mol. The zero-order valence-electron chi connectivity index (χ0n) is 13.0. The number of fused-ring (bicyclic) bond motifs is 1. The maximum Gasteiger partial charge on any atom is 0.411 e. The van der Waals surface area contributed by atoms with Crippen molar-refractivity contribution in [1.82, 2.24) is 4.98 Å². The van der Waals surface area contributed by atoms with Crippen LogP contribution < -0.4 is 5.32 Å². The molecular weight excluding hydrogens is 304 g/mol. The van der Waals surface area contributed by atoms with E-state index in [9.17, 15) is 9.59 Å². The van der Waals surface area contributed by atoms with E-state index in [1.165, 1.54) is 11.3 Å². The molecule has 0 radical (unpaired) electrons. The number of thiophene rings is 1. The van der Waals surface area contributed by atoms with Crippen LogP contribution >= 0.6 is 11.3 Å². The summed E-state index contributed by atoms with van der Waals surface area (Å²) in [5.74, 6) is -0.477. The summed E-state index contributed by atoms with van der Waals surface area (Å²) in [6.45, 7) is 7.76. The second kappa shape index (κ2) is 6.74. The normalized spacial score (nSPS) is 10.5. The highest BCUT2D eigenvalue weighted by Crippen LogP contribution is 2.37. The van der Waals surface area contributed by atoms with Crippen molar-refractivity contribution in [3.63, 3.8) is 0 Å². The number of amides is 1. The van der Waals surface area contributed by atoms with Crippen molar-refractivity contribution in [3.8, 4) is 0 Å². The quantitative estimate of drug-likeness (QED) is 0.869. The average molecular weight is 322 g/mol. The number of carbonyl (C=O) groups excluding carboxylic acids is 2. The van der Waals surface area contributed by atoms with E-state index < -0.39 is 12.1 Å². The molecule has 0 bridgehead atoms. The van der Waals surface area contributed by atoms with Gasteiger partial charge in [-0.25, -0.2) is 14.6 Å². The molecule has 22 heavy (non-hydrogen) atoms. The first kappa shape index (κ1) is 16.2. The number of aromatic nitrogens is 1. The molecule has 7 heteroatoms. The number of pyridine rings is 1. The van der Waals surface area contributed by atoms with Crippen LogP contribution in [0, 0.1) is 13.8 Å². The lowest BCUT2D eigenvalue weighted by molar-refractivity contribution is 0.0533. The Morgan fingerprint density at radius 2 is 1.91 bits per heavy atom. The zero-order chi connectivity index (χ0) is 16.3. The Morgan fingerprint density at radius 3 is 2.55 bits per heavy atom. The van der Waals surface area contributed by atoms with Gasteiger partial charge in [-0.3, -0.25) is 5.32 Å². The molecule has 0 aliphatic rings. The minimum Gasteiger partial charge on any atom is -0.462 e. The molecule has 0 saturated carbocycles. The molecule has 0 fully saturated rings. The second-order valence-corrected chi connectivity index (χ2v) is 5.63. The van der Waals surface area contributed by atoms with Crippen LogP contribution in [0.4, 0.5) is 10.5 Å². The van der Waals surface area contributed by atoms with Gasteiger partial charge in [-0.1, -0.05) is 0 Å². The van der Waals surface area contributed by atoms with Gasteiger partial charge in [0.25, 0.3) is 0 Å². The van der Waals surface area contributed by atoms with E-state index in [1.807, 2.05) is 19.9 Å². The van der Waals surface area contributed by atoms with Crippen LogP contribution in [0.15, 0.2) is 6.07 Å². The van der Waals surface area contributed by atoms with Crippen LogP contribution in [0.5, 0.6) is 0 Å². The third-order valence-electron chi connectivity index (χ3n) is 2.95. The first-order valence-corrected chi connectivity index (χ1v) is 7.81. The van der Waals surface area contributed by atoms with Crippen LogP contribution in [-0.2, 0) is 9.47 Å². The molecule has 2 heterocycles. The Balaban J connectivity index is 2.59. The van der Waals surface area contributed by atoms with Gasteiger partial charge >= 0.3 is 12.1 Å². The van der Waals surface area contributed by atoms with E-state index in [-0.39, 0.29) is 13.2 Å². The van der Waals surface area contributed by atoms with E-state index in [0.717, 1.165) is 16.6 Å². The lowest BCUT2D eigenvalue weighted by atomic mass is 10.1. The van der Waals surface area contributed by atoms with Crippen LogP contribution in [0.2, 0.25) is 0 Å². The molecule has 0 spiro atoms. The fourth-order valence-corrected chi connectivity index (χ4v) is 3.32. The Bertz CT molecular complexity index is 724. The van der Waals surface area contributed by atoms with Gasteiger partial charge in [-0.15, -0.1) is 11.3 Å². The summed E-state index contributed by atoms with van der Waals surface area (Å²) in [5, 5.41) is 3.38. The van der Waals surface area contributed by atoms with Gasteiger partial charge in [0, 0.05) is 11.1 Å². The maximum absolute atomic E-state index is 12.1. The molecule has 0 atom stereocenters. The van der Waals surface area contributed by atoms with Gasteiger partial charge in [-0.2, -0.15) is 0 Å². The second-order valence-electron chi connectivity index (χ2n) is 4.63. The number of anilines is 1. The van der Waals surface area contributed by atoms with E-state index in [2.05, 4.69) is 10.3 Å². The van der Waals surface area contributed by atoms with Gasteiger partial charge in [0.1, 0.15) is 9.71 Å². The fourth-order valence-electron chi connectivity index (χ4n) is 2.17. The summed E-state index contributed by atoms with van der Waals surface area (Å²) in [6, 6.07) is 1.90. The first-order valence-electron chi connectivity index (χ1n) is 6.99. The number of hydrogen-bond donors (Lipinski definition) is 1. The number of esters is 1. The molecule has 118 valence electrons. The molecule has 1 N–H and O–H groups in total. The molecular formula is C15H18N2O4S. The lowest BCUT2D eigenvalue weighted by Gasteiger charge is -2.08. The van der Waals surface area contributed by atoms with E-state index >= 15 is 0 Å². The topological polar surface area (TPSA) is 77.5 Å². The maximum atomic E-state index is 12.1. The number of carbonyl (C=O) groups is 2. The Hall–Kier alpha value is -2.15. The number of aryl methyl sites for hydroxylation is 2. The van der Waals surface area contributed by atoms with E-state index in [1.54, 1.807) is 13.8 Å². The van der Waals surface area contributed by atoms with Crippen LogP contribution in [-0.4, -0.2) is 30.3 Å². The lowest BCUT2D eigenvalue weighted by Crippen LogP contribution is -2.15. The van der Waals surface area contributed by atoms with Crippen molar-refractivity contribution in [1.29, 1.82) is 0 Å². The molecule has 6 nitrogen and oxygen atoms in total. The summed E-state index contributed by atoms with van der Waals surface area (Å²) in [4.78, 5) is 29.3. The summed E-state index contributed by atoms with van der Waals surface area (Å²) < 4.78 is 9.97. The fraction of sp³-hybridized carbons (Fsp3) is 0.400. The minimum absolute atomic E-state index is 0.249. The number of hydrogen-bond acceptors (Lipinski definition) is 6.